The number of hydrogen-bond donors (Lipinski definition) is 0. The van der Waals surface area contributed by atoms with E-state index in [9.17, 15) is 0 Å². The standard InChI is InChI=1S/C15H13N5O2/c1-21-11-4-3-5-12(22-2)13(11)10-8-19-15-14(16-6-7-17-15)18-20(19)9-10/h3-9H,1-2H3. The molecule has 1 aromatic carbocycles. The molecular weight excluding hydrogens is 282 g/mol. The van der Waals surface area contributed by atoms with Gasteiger partial charge < -0.3 is 14.5 Å². The highest BCUT2D eigenvalue weighted by Crippen LogP contribution is 2.37. The Morgan fingerprint density at radius 3 is 2.55 bits per heavy atom. The molecule has 0 saturated heterocycles. The summed E-state index contributed by atoms with van der Waals surface area (Å²) in [5.41, 5.74) is 3.10. The van der Waals surface area contributed by atoms with Crippen LogP contribution in [0.25, 0.3) is 22.4 Å². The zero-order valence-corrected chi connectivity index (χ0v) is 12.1. The molecule has 0 saturated carbocycles. The number of fused-ring (bicyclic) bond motifs is 3. The van der Waals surface area contributed by atoms with Crippen molar-refractivity contribution in [2.45, 2.75) is 0 Å². The predicted molar refractivity (Wildman–Crippen MR) is 78.0 cm³/mol. The maximum atomic E-state index is 5.46. The largest absolute Gasteiger partial charge is 0.496 e. The minimum absolute atomic E-state index is 0.598. The third-order valence-corrected chi connectivity index (χ3v) is 3.53. The minimum Gasteiger partial charge on any atom is -0.496 e. The van der Waals surface area contributed by atoms with Crippen LogP contribution in [0.5, 0.6) is 11.5 Å². The summed E-state index contributed by atoms with van der Waals surface area (Å²) >= 11 is 0. The van der Waals surface area contributed by atoms with Gasteiger partial charge in [0.15, 0.2) is 5.65 Å². The molecule has 3 heterocycles. The second-order valence-electron chi connectivity index (χ2n) is 4.72. The van der Waals surface area contributed by atoms with E-state index >= 15 is 0 Å². The van der Waals surface area contributed by atoms with Crippen molar-refractivity contribution in [1.29, 1.82) is 0 Å². The van der Waals surface area contributed by atoms with Gasteiger partial charge in [0.2, 0.25) is 6.20 Å². The molecule has 0 atom stereocenters. The average molecular weight is 295 g/mol. The SMILES string of the molecule is COc1cccc(OC)c1-c1cn2c3nccnc3[n-][n+]2c1. The lowest BCUT2D eigenvalue weighted by Gasteiger charge is -2.10. The summed E-state index contributed by atoms with van der Waals surface area (Å²) in [5, 5.41) is 4.40. The average Bonchev–Trinajstić information content (AvgIpc) is 3.11. The van der Waals surface area contributed by atoms with Crippen LogP contribution >= 0.6 is 0 Å². The first kappa shape index (κ1) is 12.6. The quantitative estimate of drug-likeness (QED) is 0.530. The molecule has 0 fully saturated rings. The van der Waals surface area contributed by atoms with Crippen molar-refractivity contribution in [1.82, 2.24) is 19.6 Å². The van der Waals surface area contributed by atoms with Gasteiger partial charge in [-0.3, -0.25) is 0 Å². The predicted octanol–water partition coefficient (Wildman–Crippen LogP) is 1.11. The first-order valence-corrected chi connectivity index (χ1v) is 6.71. The van der Waals surface area contributed by atoms with Crippen molar-refractivity contribution >= 4 is 11.3 Å². The summed E-state index contributed by atoms with van der Waals surface area (Å²) in [6, 6.07) is 5.69. The molecule has 0 spiro atoms. The van der Waals surface area contributed by atoms with E-state index in [2.05, 4.69) is 15.1 Å². The molecular formula is C15H13N5O2. The molecule has 0 aliphatic rings. The molecule has 7 nitrogen and oxygen atoms in total. The van der Waals surface area contributed by atoms with Crippen LogP contribution in [0.4, 0.5) is 0 Å². The molecule has 3 aromatic heterocycles. The number of hydrogen-bond acceptors (Lipinski definition) is 4. The molecule has 22 heavy (non-hydrogen) atoms. The molecule has 0 radical (unpaired) electrons. The fourth-order valence-electron chi connectivity index (χ4n) is 2.56. The second kappa shape index (κ2) is 4.73. The van der Waals surface area contributed by atoms with Gasteiger partial charge in [0, 0.05) is 12.4 Å². The van der Waals surface area contributed by atoms with Crippen LogP contribution in [-0.4, -0.2) is 28.7 Å². The lowest BCUT2D eigenvalue weighted by molar-refractivity contribution is -0.674. The molecule has 4 rings (SSSR count). The maximum absolute atomic E-state index is 5.46. The fourth-order valence-corrected chi connectivity index (χ4v) is 2.56. The molecule has 0 bridgehead atoms. The summed E-state index contributed by atoms with van der Waals surface area (Å²) in [5.74, 6) is 1.48. The van der Waals surface area contributed by atoms with Crippen molar-refractivity contribution in [2.75, 3.05) is 14.2 Å². The van der Waals surface area contributed by atoms with E-state index < -0.39 is 0 Å². The second-order valence-corrected chi connectivity index (χ2v) is 4.72. The van der Waals surface area contributed by atoms with Crippen LogP contribution in [0.2, 0.25) is 0 Å². The zero-order valence-electron chi connectivity index (χ0n) is 12.1. The van der Waals surface area contributed by atoms with E-state index in [0.717, 1.165) is 22.6 Å². The summed E-state index contributed by atoms with van der Waals surface area (Å²) in [4.78, 5) is 8.51. The lowest BCUT2D eigenvalue weighted by Crippen LogP contribution is -2.28. The number of nitrogens with zero attached hydrogens (tertiary/aromatic N) is 5. The molecule has 0 N–H and O–H groups in total. The van der Waals surface area contributed by atoms with E-state index in [1.165, 1.54) is 0 Å². The molecule has 110 valence electrons. The smallest absolute Gasteiger partial charge is 0.211 e. The van der Waals surface area contributed by atoms with Crippen LogP contribution in [-0.2, 0) is 0 Å². The third kappa shape index (κ3) is 1.72. The third-order valence-electron chi connectivity index (χ3n) is 3.53. The molecule has 0 unspecified atom stereocenters. The number of benzene rings is 1. The van der Waals surface area contributed by atoms with Crippen LogP contribution in [0, 0.1) is 0 Å². The first-order valence-electron chi connectivity index (χ1n) is 6.71. The summed E-state index contributed by atoms with van der Waals surface area (Å²) in [7, 11) is 3.28. The van der Waals surface area contributed by atoms with Crippen LogP contribution in [0.15, 0.2) is 43.0 Å². The topological polar surface area (TPSA) is 66.9 Å². The Morgan fingerprint density at radius 2 is 1.82 bits per heavy atom. The minimum atomic E-state index is 0.598. The number of ether oxygens (including phenoxy) is 2. The van der Waals surface area contributed by atoms with Crippen LogP contribution in [0.1, 0.15) is 0 Å². The monoisotopic (exact) mass is 295 g/mol. The summed E-state index contributed by atoms with van der Waals surface area (Å²) in [6.45, 7) is 0. The van der Waals surface area contributed by atoms with E-state index in [-0.39, 0.29) is 0 Å². The number of methoxy groups -OCH3 is 2. The summed E-state index contributed by atoms with van der Waals surface area (Å²) < 4.78 is 14.4. The fraction of sp³-hybridized carbons (Fsp3) is 0.133. The molecule has 0 aliphatic heterocycles. The van der Waals surface area contributed by atoms with Crippen molar-refractivity contribution in [3.8, 4) is 22.6 Å². The van der Waals surface area contributed by atoms with E-state index in [0.29, 0.717) is 11.3 Å². The Hall–Kier alpha value is -3.09. The van der Waals surface area contributed by atoms with Gasteiger partial charge in [-0.1, -0.05) is 10.7 Å². The zero-order chi connectivity index (χ0) is 15.1. The van der Waals surface area contributed by atoms with Gasteiger partial charge >= 0.3 is 0 Å². The lowest BCUT2D eigenvalue weighted by atomic mass is 10.1. The molecule has 4 aromatic rings. The molecule has 0 aliphatic carbocycles. The van der Waals surface area contributed by atoms with Gasteiger partial charge in [-0.2, -0.15) is 4.52 Å². The first-order chi connectivity index (χ1) is 10.8. The number of rotatable bonds is 3. The van der Waals surface area contributed by atoms with Crippen molar-refractivity contribution in [3.05, 3.63) is 43.0 Å². The maximum Gasteiger partial charge on any atom is 0.211 e. The number of aromatic nitrogens is 5. The van der Waals surface area contributed by atoms with E-state index in [4.69, 9.17) is 9.47 Å². The van der Waals surface area contributed by atoms with E-state index in [1.807, 2.05) is 35.1 Å². The Kier molecular flexibility index (Phi) is 2.72. The highest BCUT2D eigenvalue weighted by Gasteiger charge is 2.18. The normalized spacial score (nSPS) is 11.2. The van der Waals surface area contributed by atoms with Crippen LogP contribution < -0.4 is 19.2 Å². The molecule has 7 heteroatoms. The molecule has 0 amide bonds. The van der Waals surface area contributed by atoms with Gasteiger partial charge in [0.25, 0.3) is 0 Å². The van der Waals surface area contributed by atoms with Gasteiger partial charge in [-0.25, -0.2) is 4.98 Å². The Balaban J connectivity index is 1.99. The summed E-state index contributed by atoms with van der Waals surface area (Å²) in [6.07, 6.45) is 7.10. The van der Waals surface area contributed by atoms with Crippen molar-refractivity contribution < 1.29 is 14.1 Å². The van der Waals surface area contributed by atoms with Crippen LogP contribution in [0.3, 0.4) is 0 Å². The highest BCUT2D eigenvalue weighted by molar-refractivity contribution is 5.76. The van der Waals surface area contributed by atoms with Crippen molar-refractivity contribution in [3.63, 3.8) is 0 Å². The Labute approximate surface area is 125 Å². The van der Waals surface area contributed by atoms with Gasteiger partial charge in [-0.05, 0) is 18.3 Å². The van der Waals surface area contributed by atoms with E-state index in [1.54, 1.807) is 31.2 Å². The Morgan fingerprint density at radius 1 is 1.09 bits per heavy atom. The van der Waals surface area contributed by atoms with Gasteiger partial charge in [0.1, 0.15) is 17.1 Å². The highest BCUT2D eigenvalue weighted by atomic mass is 16.5. The van der Waals surface area contributed by atoms with Gasteiger partial charge in [-0.15, -0.1) is 5.10 Å². The Bertz CT molecular complexity index is 950. The van der Waals surface area contributed by atoms with Crippen molar-refractivity contribution in [2.24, 2.45) is 0 Å². The van der Waals surface area contributed by atoms with Gasteiger partial charge in [0.05, 0.1) is 25.3 Å².